The van der Waals surface area contributed by atoms with Crippen molar-refractivity contribution < 1.29 is 8.83 Å². The van der Waals surface area contributed by atoms with E-state index in [1.807, 2.05) is 30.3 Å². The summed E-state index contributed by atoms with van der Waals surface area (Å²) in [4.78, 5) is 4.93. The van der Waals surface area contributed by atoms with Crippen LogP contribution in [0.1, 0.15) is 0 Å². The van der Waals surface area contributed by atoms with Crippen LogP contribution >= 0.6 is 0 Å². The second kappa shape index (κ2) is 7.59. The number of para-hydroxylation sites is 2. The molecule has 9 aromatic rings. The van der Waals surface area contributed by atoms with Gasteiger partial charge in [0, 0.05) is 27.4 Å². The van der Waals surface area contributed by atoms with Crippen molar-refractivity contribution in [3.63, 3.8) is 0 Å². The lowest BCUT2D eigenvalue weighted by molar-refractivity contribution is 0.619. The monoisotopic (exact) mass is 500 g/mol. The van der Waals surface area contributed by atoms with E-state index in [-0.39, 0.29) is 0 Å². The quantitative estimate of drug-likeness (QED) is 0.237. The lowest BCUT2D eigenvalue weighted by Crippen LogP contribution is -1.93. The topological polar surface area (TPSA) is 44.1 Å². The lowest BCUT2D eigenvalue weighted by Gasteiger charge is -2.09. The molecule has 4 heteroatoms. The molecule has 3 heterocycles. The SMILES string of the molecule is c1ccc2cc3c(cc2c1)c1ccccc1n3-c1ccc(-c2nc3c(ccc4oc5ccccc5c43)o2)cc1. The van der Waals surface area contributed by atoms with Gasteiger partial charge in [-0.05, 0) is 71.4 Å². The van der Waals surface area contributed by atoms with Gasteiger partial charge in [-0.1, -0.05) is 60.7 Å². The molecule has 0 aliphatic rings. The van der Waals surface area contributed by atoms with Crippen LogP contribution in [0.25, 0.3) is 82.8 Å². The van der Waals surface area contributed by atoms with E-state index in [4.69, 9.17) is 13.8 Å². The molecule has 9 rings (SSSR count). The van der Waals surface area contributed by atoms with E-state index < -0.39 is 0 Å². The molecule has 0 amide bonds. The van der Waals surface area contributed by atoms with Gasteiger partial charge in [-0.25, -0.2) is 4.98 Å². The Labute approximate surface area is 222 Å². The molecule has 0 saturated heterocycles. The molecular formula is C35H20N2O2. The predicted molar refractivity (Wildman–Crippen MR) is 159 cm³/mol. The first kappa shape index (κ1) is 20.7. The molecule has 0 fully saturated rings. The summed E-state index contributed by atoms with van der Waals surface area (Å²) in [5, 5.41) is 7.02. The van der Waals surface area contributed by atoms with Gasteiger partial charge in [0.15, 0.2) is 5.58 Å². The minimum absolute atomic E-state index is 0.600. The molecule has 3 aromatic heterocycles. The Hall–Kier alpha value is -5.35. The highest BCUT2D eigenvalue weighted by Gasteiger charge is 2.17. The Morgan fingerprint density at radius 2 is 1.23 bits per heavy atom. The number of benzene rings is 6. The van der Waals surface area contributed by atoms with Crippen LogP contribution in [0, 0.1) is 0 Å². The molecular weight excluding hydrogens is 480 g/mol. The number of oxazole rings is 1. The number of aromatic nitrogens is 2. The van der Waals surface area contributed by atoms with Gasteiger partial charge in [0.25, 0.3) is 0 Å². The lowest BCUT2D eigenvalue weighted by atomic mass is 10.1. The summed E-state index contributed by atoms with van der Waals surface area (Å²) in [6.07, 6.45) is 0. The third-order valence-corrected chi connectivity index (χ3v) is 7.81. The summed E-state index contributed by atoms with van der Waals surface area (Å²) in [6.45, 7) is 0. The largest absolute Gasteiger partial charge is 0.456 e. The van der Waals surface area contributed by atoms with E-state index in [0.717, 1.165) is 44.3 Å². The van der Waals surface area contributed by atoms with E-state index in [1.165, 1.54) is 32.6 Å². The molecule has 0 spiro atoms. The van der Waals surface area contributed by atoms with Crippen LogP contribution in [0.5, 0.6) is 0 Å². The van der Waals surface area contributed by atoms with Crippen LogP contribution in [0.3, 0.4) is 0 Å². The minimum Gasteiger partial charge on any atom is -0.456 e. The highest BCUT2D eigenvalue weighted by molar-refractivity contribution is 6.17. The van der Waals surface area contributed by atoms with Gasteiger partial charge < -0.3 is 13.4 Å². The summed E-state index contributed by atoms with van der Waals surface area (Å²) in [7, 11) is 0. The third kappa shape index (κ3) is 2.91. The summed E-state index contributed by atoms with van der Waals surface area (Å²) < 4.78 is 14.6. The Kier molecular flexibility index (Phi) is 4.02. The van der Waals surface area contributed by atoms with Crippen LogP contribution in [0.4, 0.5) is 0 Å². The first-order valence-electron chi connectivity index (χ1n) is 13.1. The number of hydrogen-bond donors (Lipinski definition) is 0. The maximum atomic E-state index is 6.24. The Bertz CT molecular complexity index is 2390. The third-order valence-electron chi connectivity index (χ3n) is 7.81. The van der Waals surface area contributed by atoms with Crippen molar-refractivity contribution in [3.8, 4) is 17.1 Å². The van der Waals surface area contributed by atoms with Gasteiger partial charge in [0.05, 0.1) is 16.4 Å². The second-order valence-corrected chi connectivity index (χ2v) is 10.0. The van der Waals surface area contributed by atoms with Crippen LogP contribution in [0.15, 0.2) is 130 Å². The van der Waals surface area contributed by atoms with Crippen molar-refractivity contribution in [1.29, 1.82) is 0 Å². The van der Waals surface area contributed by atoms with Gasteiger partial charge in [0.1, 0.15) is 16.7 Å². The Morgan fingerprint density at radius 1 is 0.513 bits per heavy atom. The van der Waals surface area contributed by atoms with Crippen molar-refractivity contribution >= 4 is 65.6 Å². The van der Waals surface area contributed by atoms with Gasteiger partial charge in [-0.2, -0.15) is 0 Å². The van der Waals surface area contributed by atoms with Crippen LogP contribution in [-0.2, 0) is 0 Å². The summed E-state index contributed by atoms with van der Waals surface area (Å²) >= 11 is 0. The highest BCUT2D eigenvalue weighted by Crippen LogP contribution is 2.38. The fourth-order valence-electron chi connectivity index (χ4n) is 6.01. The van der Waals surface area contributed by atoms with Crippen molar-refractivity contribution in [1.82, 2.24) is 9.55 Å². The van der Waals surface area contributed by atoms with E-state index in [2.05, 4.69) is 95.6 Å². The van der Waals surface area contributed by atoms with Crippen LogP contribution < -0.4 is 0 Å². The number of nitrogens with zero attached hydrogens (tertiary/aromatic N) is 2. The van der Waals surface area contributed by atoms with E-state index in [9.17, 15) is 0 Å². The number of rotatable bonds is 2. The van der Waals surface area contributed by atoms with E-state index in [0.29, 0.717) is 5.89 Å². The van der Waals surface area contributed by atoms with E-state index >= 15 is 0 Å². The van der Waals surface area contributed by atoms with Gasteiger partial charge in [0.2, 0.25) is 5.89 Å². The molecule has 0 bridgehead atoms. The summed E-state index contributed by atoms with van der Waals surface area (Å²) in [6, 6.07) is 42.2. The first-order valence-corrected chi connectivity index (χ1v) is 13.1. The zero-order chi connectivity index (χ0) is 25.5. The zero-order valence-electron chi connectivity index (χ0n) is 20.8. The summed E-state index contributed by atoms with van der Waals surface area (Å²) in [5.41, 5.74) is 7.66. The van der Waals surface area contributed by atoms with Crippen LogP contribution in [0.2, 0.25) is 0 Å². The predicted octanol–water partition coefficient (Wildman–Crippen LogP) is 9.64. The van der Waals surface area contributed by atoms with Crippen molar-refractivity contribution in [3.05, 3.63) is 121 Å². The van der Waals surface area contributed by atoms with Crippen molar-refractivity contribution in [2.45, 2.75) is 0 Å². The second-order valence-electron chi connectivity index (χ2n) is 10.0. The average molecular weight is 501 g/mol. The van der Waals surface area contributed by atoms with Gasteiger partial charge in [-0.15, -0.1) is 0 Å². The molecule has 4 nitrogen and oxygen atoms in total. The highest BCUT2D eigenvalue weighted by atomic mass is 16.4. The van der Waals surface area contributed by atoms with Gasteiger partial charge in [-0.3, -0.25) is 0 Å². The van der Waals surface area contributed by atoms with E-state index in [1.54, 1.807) is 0 Å². The summed E-state index contributed by atoms with van der Waals surface area (Å²) in [5.74, 6) is 0.600. The molecule has 0 atom stereocenters. The van der Waals surface area contributed by atoms with Crippen molar-refractivity contribution in [2.24, 2.45) is 0 Å². The Balaban J connectivity index is 1.22. The standard InChI is InChI=1S/C35H20N2O2/c1-2-8-23-20-29-27(19-22(23)7-1)25-9-3-5-11-28(25)37(29)24-15-13-21(14-16-24)35-36-34-32(39-35)18-17-31-33(34)26-10-4-6-12-30(26)38-31/h1-20H. The molecule has 0 aliphatic heterocycles. The maximum Gasteiger partial charge on any atom is 0.227 e. The number of fused-ring (bicyclic) bond motifs is 9. The van der Waals surface area contributed by atoms with Crippen LogP contribution in [-0.4, -0.2) is 9.55 Å². The fourth-order valence-corrected chi connectivity index (χ4v) is 6.01. The fraction of sp³-hybridized carbons (Fsp3) is 0. The molecule has 182 valence electrons. The maximum absolute atomic E-state index is 6.24. The first-order chi connectivity index (χ1) is 19.3. The molecule has 0 aliphatic carbocycles. The smallest absolute Gasteiger partial charge is 0.227 e. The molecule has 39 heavy (non-hydrogen) atoms. The van der Waals surface area contributed by atoms with Crippen molar-refractivity contribution in [2.75, 3.05) is 0 Å². The number of furan rings is 1. The minimum atomic E-state index is 0.600. The molecule has 0 unspecified atom stereocenters. The molecule has 0 N–H and O–H groups in total. The average Bonchev–Trinajstić information content (AvgIpc) is 3.67. The Morgan fingerprint density at radius 3 is 2.10 bits per heavy atom. The van der Waals surface area contributed by atoms with Gasteiger partial charge >= 0.3 is 0 Å². The molecule has 6 aromatic carbocycles. The normalized spacial score (nSPS) is 12.1. The number of hydrogen-bond acceptors (Lipinski definition) is 3. The zero-order valence-corrected chi connectivity index (χ0v) is 20.8. The molecule has 0 saturated carbocycles. The molecule has 0 radical (unpaired) electrons.